The van der Waals surface area contributed by atoms with E-state index in [-0.39, 0.29) is 5.04 Å². The van der Waals surface area contributed by atoms with Gasteiger partial charge in [0, 0.05) is 0 Å². The summed E-state index contributed by atoms with van der Waals surface area (Å²) in [7, 11) is -1.60. The standard InChI is InChI=1S/C10H22OSSi/c1-8-9(12-5)11-13(6,7)10(2,3)4/h8H,1-7H3/b9-8+. The van der Waals surface area contributed by atoms with Gasteiger partial charge in [0.25, 0.3) is 8.32 Å². The van der Waals surface area contributed by atoms with Crippen molar-refractivity contribution in [3.63, 3.8) is 0 Å². The second kappa shape index (κ2) is 4.56. The third kappa shape index (κ3) is 3.77. The first-order valence-corrected chi connectivity index (χ1v) is 8.77. The second-order valence-electron chi connectivity index (χ2n) is 4.67. The van der Waals surface area contributed by atoms with Gasteiger partial charge in [-0.2, -0.15) is 0 Å². The van der Waals surface area contributed by atoms with Crippen molar-refractivity contribution < 1.29 is 4.43 Å². The highest BCUT2D eigenvalue weighted by Gasteiger charge is 2.39. The zero-order valence-corrected chi connectivity index (χ0v) is 11.7. The first-order valence-electron chi connectivity index (χ1n) is 4.64. The van der Waals surface area contributed by atoms with Gasteiger partial charge in [-0.1, -0.05) is 32.5 Å². The molecule has 0 aromatic rings. The van der Waals surface area contributed by atoms with E-state index in [9.17, 15) is 0 Å². The van der Waals surface area contributed by atoms with Gasteiger partial charge in [-0.15, -0.1) is 0 Å². The maximum atomic E-state index is 6.06. The molecular formula is C10H22OSSi. The van der Waals surface area contributed by atoms with Gasteiger partial charge in [0.1, 0.15) is 5.09 Å². The highest BCUT2D eigenvalue weighted by molar-refractivity contribution is 8.02. The molecule has 3 heteroatoms. The Kier molecular flexibility index (Phi) is 4.59. The summed E-state index contributed by atoms with van der Waals surface area (Å²) in [6, 6.07) is 0. The van der Waals surface area contributed by atoms with Crippen LogP contribution in [0.15, 0.2) is 11.2 Å². The molecule has 0 aromatic carbocycles. The number of hydrogen-bond donors (Lipinski definition) is 0. The van der Waals surface area contributed by atoms with Crippen LogP contribution in [0.5, 0.6) is 0 Å². The molecule has 1 nitrogen and oxygen atoms in total. The smallest absolute Gasteiger partial charge is 0.251 e. The first kappa shape index (κ1) is 13.1. The summed E-state index contributed by atoms with van der Waals surface area (Å²) in [5.41, 5.74) is 0. The van der Waals surface area contributed by atoms with Crippen molar-refractivity contribution in [3.05, 3.63) is 11.2 Å². The fourth-order valence-electron chi connectivity index (χ4n) is 0.623. The molecule has 0 heterocycles. The Hall–Kier alpha value is 0.107. The van der Waals surface area contributed by atoms with E-state index in [4.69, 9.17) is 4.43 Å². The van der Waals surface area contributed by atoms with Gasteiger partial charge in [0.15, 0.2) is 0 Å². The first-order chi connectivity index (χ1) is 5.74. The monoisotopic (exact) mass is 218 g/mol. The van der Waals surface area contributed by atoms with Gasteiger partial charge >= 0.3 is 0 Å². The Labute approximate surface area is 88.1 Å². The molecular weight excluding hydrogens is 196 g/mol. The molecule has 0 aliphatic heterocycles. The minimum atomic E-state index is -1.60. The fraction of sp³-hybridized carbons (Fsp3) is 0.800. The highest BCUT2D eigenvalue weighted by atomic mass is 32.2. The summed E-state index contributed by atoms with van der Waals surface area (Å²) in [5.74, 6) is 0. The van der Waals surface area contributed by atoms with Crippen molar-refractivity contribution in [3.8, 4) is 0 Å². The Morgan fingerprint density at radius 1 is 1.31 bits per heavy atom. The molecule has 0 bridgehead atoms. The number of thioether (sulfide) groups is 1. The van der Waals surface area contributed by atoms with E-state index in [1.54, 1.807) is 11.8 Å². The van der Waals surface area contributed by atoms with E-state index in [0.717, 1.165) is 5.09 Å². The molecule has 0 saturated heterocycles. The average Bonchev–Trinajstić information content (AvgIpc) is 1.98. The molecule has 0 aliphatic rings. The van der Waals surface area contributed by atoms with Gasteiger partial charge < -0.3 is 4.43 Å². The van der Waals surface area contributed by atoms with Gasteiger partial charge in [0.2, 0.25) is 0 Å². The summed E-state index contributed by atoms with van der Waals surface area (Å²) in [6.07, 6.45) is 4.10. The number of hydrogen-bond acceptors (Lipinski definition) is 2. The van der Waals surface area contributed by atoms with Gasteiger partial charge in [-0.3, -0.25) is 0 Å². The third-order valence-electron chi connectivity index (χ3n) is 2.60. The van der Waals surface area contributed by atoms with E-state index >= 15 is 0 Å². The van der Waals surface area contributed by atoms with Crippen LogP contribution in [0.3, 0.4) is 0 Å². The van der Waals surface area contributed by atoms with Crippen molar-refractivity contribution >= 4 is 20.1 Å². The van der Waals surface area contributed by atoms with Crippen LogP contribution in [0.25, 0.3) is 0 Å². The second-order valence-corrected chi connectivity index (χ2v) is 10.2. The predicted molar refractivity (Wildman–Crippen MR) is 65.6 cm³/mol. The van der Waals surface area contributed by atoms with Crippen LogP contribution >= 0.6 is 11.8 Å². The third-order valence-corrected chi connectivity index (χ3v) is 7.81. The number of allylic oxidation sites excluding steroid dienone is 1. The lowest BCUT2D eigenvalue weighted by Crippen LogP contribution is -2.40. The molecule has 0 fully saturated rings. The van der Waals surface area contributed by atoms with Crippen LogP contribution in [0, 0.1) is 0 Å². The Bertz CT molecular complexity index is 192. The molecule has 0 rings (SSSR count). The van der Waals surface area contributed by atoms with E-state index in [2.05, 4.69) is 40.1 Å². The average molecular weight is 218 g/mol. The normalized spacial score (nSPS) is 14.5. The largest absolute Gasteiger partial charge is 0.539 e. The highest BCUT2D eigenvalue weighted by Crippen LogP contribution is 2.39. The molecule has 0 atom stereocenters. The van der Waals surface area contributed by atoms with E-state index in [1.807, 2.05) is 13.0 Å². The zero-order chi connectivity index (χ0) is 10.7. The molecule has 0 spiro atoms. The number of rotatable bonds is 3. The van der Waals surface area contributed by atoms with Crippen LogP contribution in [-0.4, -0.2) is 14.6 Å². The van der Waals surface area contributed by atoms with Crippen LogP contribution in [0.4, 0.5) is 0 Å². The van der Waals surface area contributed by atoms with Gasteiger partial charge in [-0.05, 0) is 37.4 Å². The Morgan fingerprint density at radius 2 is 1.77 bits per heavy atom. The molecule has 0 saturated carbocycles. The summed E-state index contributed by atoms with van der Waals surface area (Å²) < 4.78 is 6.06. The Balaban J connectivity index is 4.51. The van der Waals surface area contributed by atoms with Crippen molar-refractivity contribution in [2.75, 3.05) is 6.26 Å². The molecule has 0 aliphatic carbocycles. The molecule has 0 unspecified atom stereocenters. The van der Waals surface area contributed by atoms with Crippen molar-refractivity contribution in [1.29, 1.82) is 0 Å². The Morgan fingerprint density at radius 3 is 2.00 bits per heavy atom. The summed E-state index contributed by atoms with van der Waals surface area (Å²) in [5, 5.41) is 1.35. The lowest BCUT2D eigenvalue weighted by molar-refractivity contribution is 0.417. The van der Waals surface area contributed by atoms with E-state index in [0.29, 0.717) is 0 Å². The maximum absolute atomic E-state index is 6.06. The van der Waals surface area contributed by atoms with Crippen molar-refractivity contribution in [2.45, 2.75) is 45.8 Å². The molecule has 13 heavy (non-hydrogen) atoms. The molecule has 0 N–H and O–H groups in total. The summed E-state index contributed by atoms with van der Waals surface area (Å²) >= 11 is 1.69. The van der Waals surface area contributed by atoms with Crippen LogP contribution in [-0.2, 0) is 4.43 Å². The predicted octanol–water partition coefficient (Wildman–Crippen LogP) is 4.23. The van der Waals surface area contributed by atoms with Crippen LogP contribution < -0.4 is 0 Å². The van der Waals surface area contributed by atoms with Crippen molar-refractivity contribution in [2.24, 2.45) is 0 Å². The van der Waals surface area contributed by atoms with Crippen LogP contribution in [0.1, 0.15) is 27.7 Å². The minimum Gasteiger partial charge on any atom is -0.539 e. The molecule has 0 amide bonds. The fourth-order valence-corrected chi connectivity index (χ4v) is 2.74. The molecule has 78 valence electrons. The quantitative estimate of drug-likeness (QED) is 0.518. The SMILES string of the molecule is C/C=C(\O[Si](C)(C)C(C)(C)C)SC. The van der Waals surface area contributed by atoms with Gasteiger partial charge in [-0.25, -0.2) is 0 Å². The summed E-state index contributed by atoms with van der Waals surface area (Å²) in [4.78, 5) is 0. The minimum absolute atomic E-state index is 0.289. The molecule has 0 aromatic heterocycles. The summed E-state index contributed by atoms with van der Waals surface area (Å²) in [6.45, 7) is 13.3. The van der Waals surface area contributed by atoms with Crippen molar-refractivity contribution in [1.82, 2.24) is 0 Å². The van der Waals surface area contributed by atoms with E-state index in [1.165, 1.54) is 0 Å². The zero-order valence-electron chi connectivity index (χ0n) is 9.89. The van der Waals surface area contributed by atoms with Crippen LogP contribution in [0.2, 0.25) is 18.1 Å². The lowest BCUT2D eigenvalue weighted by atomic mass is 10.2. The van der Waals surface area contributed by atoms with E-state index < -0.39 is 8.32 Å². The topological polar surface area (TPSA) is 9.23 Å². The maximum Gasteiger partial charge on any atom is 0.251 e. The van der Waals surface area contributed by atoms with Gasteiger partial charge in [0.05, 0.1) is 0 Å². The lowest BCUT2D eigenvalue weighted by Gasteiger charge is -2.36. The molecule has 0 radical (unpaired) electrons.